The van der Waals surface area contributed by atoms with Gasteiger partial charge in [-0.25, -0.2) is 15.0 Å². The van der Waals surface area contributed by atoms with Crippen LogP contribution in [-0.4, -0.2) is 49.3 Å². The van der Waals surface area contributed by atoms with Crippen LogP contribution in [0.5, 0.6) is 23.0 Å². The fourth-order valence-electron chi connectivity index (χ4n) is 6.51. The third-order valence-electron chi connectivity index (χ3n) is 9.15. The quantitative estimate of drug-likeness (QED) is 0.223. The van der Waals surface area contributed by atoms with Crippen LogP contribution in [-0.2, 0) is 9.53 Å². The lowest BCUT2D eigenvalue weighted by Gasteiger charge is -2.23. The zero-order valence-corrected chi connectivity index (χ0v) is 26.2. The number of aromatic hydroxyl groups is 2. The molecule has 0 bridgehead atoms. The molecule has 45 heavy (non-hydrogen) atoms. The van der Waals surface area contributed by atoms with Gasteiger partial charge in [-0.3, -0.25) is 4.79 Å². The molecule has 1 atom stereocenters. The number of carbonyl (C=O) groups excluding carboxylic acids is 1. The van der Waals surface area contributed by atoms with Crippen molar-refractivity contribution in [3.63, 3.8) is 0 Å². The van der Waals surface area contributed by atoms with Crippen molar-refractivity contribution < 1.29 is 29.2 Å². The summed E-state index contributed by atoms with van der Waals surface area (Å²) in [5.74, 6) is 1.76. The summed E-state index contributed by atoms with van der Waals surface area (Å²) in [4.78, 5) is 27.5. The predicted molar refractivity (Wildman–Crippen MR) is 170 cm³/mol. The van der Waals surface area contributed by atoms with Crippen LogP contribution in [0, 0.1) is 0 Å². The van der Waals surface area contributed by atoms with E-state index in [4.69, 9.17) is 24.2 Å². The van der Waals surface area contributed by atoms with Gasteiger partial charge in [0, 0.05) is 24.6 Å². The Hall–Kier alpha value is -4.14. The molecule has 3 aliphatic carbocycles. The molecule has 2 saturated carbocycles. The minimum Gasteiger partial charge on any atom is -0.507 e. The van der Waals surface area contributed by atoms with Gasteiger partial charge >= 0.3 is 0 Å². The molecular weight excluding hydrogens is 570 g/mol. The zero-order chi connectivity index (χ0) is 31.3. The first-order valence-electron chi connectivity index (χ1n) is 16.6. The zero-order valence-electron chi connectivity index (χ0n) is 26.2. The Labute approximate surface area is 264 Å². The van der Waals surface area contributed by atoms with Crippen LogP contribution < -0.4 is 9.47 Å². The van der Waals surface area contributed by atoms with E-state index in [0.717, 1.165) is 70.0 Å². The molecule has 1 unspecified atom stereocenters. The number of rotatable bonds is 11. The predicted octanol–water partition coefficient (Wildman–Crippen LogP) is 7.80. The van der Waals surface area contributed by atoms with Gasteiger partial charge in [-0.15, -0.1) is 0 Å². The number of ketones is 1. The van der Waals surface area contributed by atoms with Crippen LogP contribution in [0.1, 0.15) is 103 Å². The summed E-state index contributed by atoms with van der Waals surface area (Å²) in [6, 6.07) is 10.2. The van der Waals surface area contributed by atoms with E-state index >= 15 is 0 Å². The summed E-state index contributed by atoms with van der Waals surface area (Å²) < 4.78 is 18.2. The standard InChI is InChI=1S/C36H43N3O6/c1-3-22(4-2)43-25-13-16-28(31(40)19-25)34-37-35(29-17-14-26(20-32(29)41)44-23-9-5-6-10-23)39-36(38-34)30-18-15-27(21-33(30)42)45-24-11-7-8-12-24/h13-14,16-17,19-24,30,40-41H,3-12,15,18H2,1-2H3. The summed E-state index contributed by atoms with van der Waals surface area (Å²) in [5.41, 5.74) is 0.762. The fourth-order valence-corrected chi connectivity index (χ4v) is 6.51. The number of benzene rings is 2. The van der Waals surface area contributed by atoms with Crippen molar-refractivity contribution in [2.45, 2.75) is 115 Å². The van der Waals surface area contributed by atoms with Gasteiger partial charge in [0.15, 0.2) is 17.4 Å². The average molecular weight is 614 g/mol. The Morgan fingerprint density at radius 1 is 0.756 bits per heavy atom. The van der Waals surface area contributed by atoms with Crippen LogP contribution in [0.2, 0.25) is 0 Å². The molecule has 2 aromatic carbocycles. The van der Waals surface area contributed by atoms with Crippen molar-refractivity contribution in [3.05, 3.63) is 54.1 Å². The molecule has 238 valence electrons. The van der Waals surface area contributed by atoms with Crippen molar-refractivity contribution >= 4 is 5.78 Å². The number of allylic oxidation sites excluding steroid dienone is 2. The van der Waals surface area contributed by atoms with Gasteiger partial charge in [0.05, 0.1) is 41.1 Å². The summed E-state index contributed by atoms with van der Waals surface area (Å²) in [6.07, 6.45) is 13.4. The third-order valence-corrected chi connectivity index (χ3v) is 9.15. The van der Waals surface area contributed by atoms with Crippen molar-refractivity contribution in [2.75, 3.05) is 0 Å². The van der Waals surface area contributed by atoms with Crippen LogP contribution in [0.4, 0.5) is 0 Å². The molecule has 0 aliphatic heterocycles. The number of nitrogens with zero attached hydrogens (tertiary/aromatic N) is 3. The second-order valence-corrected chi connectivity index (χ2v) is 12.4. The van der Waals surface area contributed by atoms with E-state index in [0.29, 0.717) is 41.3 Å². The lowest BCUT2D eigenvalue weighted by molar-refractivity contribution is -0.117. The van der Waals surface area contributed by atoms with Gasteiger partial charge < -0.3 is 24.4 Å². The van der Waals surface area contributed by atoms with Crippen LogP contribution in [0.15, 0.2) is 48.2 Å². The number of carbonyl (C=O) groups is 1. The molecule has 1 aromatic heterocycles. The highest BCUT2D eigenvalue weighted by molar-refractivity contribution is 5.96. The Morgan fingerprint density at radius 3 is 1.87 bits per heavy atom. The third kappa shape index (κ3) is 7.24. The Bertz CT molecular complexity index is 1470. The highest BCUT2D eigenvalue weighted by atomic mass is 16.5. The highest BCUT2D eigenvalue weighted by Crippen LogP contribution is 2.38. The first-order valence-corrected chi connectivity index (χ1v) is 16.6. The number of hydrogen-bond acceptors (Lipinski definition) is 9. The van der Waals surface area contributed by atoms with E-state index in [-0.39, 0.29) is 47.2 Å². The first kappa shape index (κ1) is 30.9. The van der Waals surface area contributed by atoms with Crippen LogP contribution in [0.3, 0.4) is 0 Å². The lowest BCUT2D eigenvalue weighted by atomic mass is 9.91. The normalized spacial score (nSPS) is 19.2. The van der Waals surface area contributed by atoms with Gasteiger partial charge in [-0.05, 0) is 94.9 Å². The van der Waals surface area contributed by atoms with Crippen LogP contribution >= 0.6 is 0 Å². The van der Waals surface area contributed by atoms with Gasteiger partial charge in [-0.2, -0.15) is 0 Å². The number of phenols is 2. The Morgan fingerprint density at radius 2 is 1.31 bits per heavy atom. The smallest absolute Gasteiger partial charge is 0.169 e. The molecule has 9 nitrogen and oxygen atoms in total. The molecule has 0 amide bonds. The minimum absolute atomic E-state index is 0.0335. The number of hydrogen-bond donors (Lipinski definition) is 2. The SMILES string of the molecule is CCC(CC)Oc1ccc(-c2nc(-c3ccc(OC4CCCC4)cc3O)nc(C3CCC(OC4CCCC4)=CC3=O)n2)c(O)c1. The average Bonchev–Trinajstić information content (AvgIpc) is 3.75. The van der Waals surface area contributed by atoms with E-state index in [2.05, 4.69) is 18.8 Å². The number of ether oxygens (including phenoxy) is 3. The summed E-state index contributed by atoms with van der Waals surface area (Å²) in [7, 11) is 0. The highest BCUT2D eigenvalue weighted by Gasteiger charge is 2.31. The van der Waals surface area contributed by atoms with E-state index in [1.807, 2.05) is 0 Å². The second kappa shape index (κ2) is 13.9. The van der Waals surface area contributed by atoms with Crippen molar-refractivity contribution in [1.82, 2.24) is 15.0 Å². The first-order chi connectivity index (χ1) is 21.9. The molecule has 6 rings (SSSR count). The Kier molecular flexibility index (Phi) is 9.52. The van der Waals surface area contributed by atoms with E-state index in [1.165, 1.54) is 0 Å². The van der Waals surface area contributed by atoms with E-state index in [9.17, 15) is 15.0 Å². The van der Waals surface area contributed by atoms with Crippen LogP contribution in [0.25, 0.3) is 22.8 Å². The van der Waals surface area contributed by atoms with E-state index in [1.54, 1.807) is 42.5 Å². The molecule has 2 N–H and O–H groups in total. The van der Waals surface area contributed by atoms with Gasteiger partial charge in [0.1, 0.15) is 28.8 Å². The van der Waals surface area contributed by atoms with Gasteiger partial charge in [-0.1, -0.05) is 13.8 Å². The second-order valence-electron chi connectivity index (χ2n) is 12.4. The number of aromatic nitrogens is 3. The largest absolute Gasteiger partial charge is 0.507 e. The van der Waals surface area contributed by atoms with Gasteiger partial charge in [0.25, 0.3) is 0 Å². The molecule has 3 aliphatic rings. The Balaban J connectivity index is 1.34. The molecular formula is C36H43N3O6. The lowest BCUT2D eigenvalue weighted by Crippen LogP contribution is -2.21. The fraction of sp³-hybridized carbons (Fsp3) is 0.500. The molecule has 3 aromatic rings. The number of phenolic OH excluding ortho intramolecular Hbond substituents is 2. The maximum absolute atomic E-state index is 13.4. The molecule has 1 heterocycles. The maximum atomic E-state index is 13.4. The topological polar surface area (TPSA) is 124 Å². The van der Waals surface area contributed by atoms with E-state index < -0.39 is 5.92 Å². The monoisotopic (exact) mass is 613 g/mol. The molecule has 0 radical (unpaired) electrons. The molecule has 0 spiro atoms. The summed E-state index contributed by atoms with van der Waals surface area (Å²) >= 11 is 0. The summed E-state index contributed by atoms with van der Waals surface area (Å²) in [5, 5.41) is 22.2. The summed E-state index contributed by atoms with van der Waals surface area (Å²) in [6.45, 7) is 4.12. The minimum atomic E-state index is -0.604. The van der Waals surface area contributed by atoms with Crippen molar-refractivity contribution in [1.29, 1.82) is 0 Å². The molecule has 9 heteroatoms. The van der Waals surface area contributed by atoms with Gasteiger partial charge in [0.2, 0.25) is 0 Å². The van der Waals surface area contributed by atoms with Crippen molar-refractivity contribution in [3.8, 4) is 45.8 Å². The molecule has 0 saturated heterocycles. The molecule has 2 fully saturated rings. The van der Waals surface area contributed by atoms with Crippen molar-refractivity contribution in [2.24, 2.45) is 0 Å². The maximum Gasteiger partial charge on any atom is 0.169 e.